The Kier molecular flexibility index (Phi) is 6.00. The first-order valence-electron chi connectivity index (χ1n) is 5.00. The molecule has 0 amide bonds. The second kappa shape index (κ2) is 6.17. The molecule has 1 N–H and O–H groups in total. The summed E-state index contributed by atoms with van der Waals surface area (Å²) >= 11 is 0. The lowest BCUT2D eigenvalue weighted by atomic mass is 9.94. The number of ether oxygens (including phenoxy) is 1. The summed E-state index contributed by atoms with van der Waals surface area (Å²) in [5.74, 6) is 0. The second-order valence-electron chi connectivity index (χ2n) is 3.74. The fourth-order valence-electron chi connectivity index (χ4n) is 1.60. The maximum Gasteiger partial charge on any atom is 0.0778 e. The van der Waals surface area contributed by atoms with Crippen molar-refractivity contribution >= 4 is 0 Å². The van der Waals surface area contributed by atoms with Crippen LogP contribution >= 0.6 is 0 Å². The number of hydrogen-bond donors (Lipinski definition) is 1. The highest BCUT2D eigenvalue weighted by Gasteiger charge is 2.27. The molecule has 0 heterocycles. The van der Waals surface area contributed by atoms with Gasteiger partial charge in [-0.05, 0) is 40.7 Å². The third-order valence-electron chi connectivity index (χ3n) is 2.36. The summed E-state index contributed by atoms with van der Waals surface area (Å²) in [5, 5.41) is 3.29. The van der Waals surface area contributed by atoms with Gasteiger partial charge in [-0.15, -0.1) is 6.58 Å². The van der Waals surface area contributed by atoms with E-state index in [1.165, 1.54) is 0 Å². The molecule has 0 aromatic rings. The minimum Gasteiger partial charge on any atom is -0.374 e. The Labute approximate surface area is 82.4 Å². The highest BCUT2D eigenvalue weighted by atomic mass is 16.5. The van der Waals surface area contributed by atoms with E-state index in [1.807, 2.05) is 20.0 Å². The fourth-order valence-corrected chi connectivity index (χ4v) is 1.60. The van der Waals surface area contributed by atoms with E-state index in [0.29, 0.717) is 6.04 Å². The van der Waals surface area contributed by atoms with Crippen molar-refractivity contribution in [3.8, 4) is 0 Å². The summed E-state index contributed by atoms with van der Waals surface area (Å²) in [6, 6.07) is 0.394. The van der Waals surface area contributed by atoms with E-state index >= 15 is 0 Å². The first-order valence-corrected chi connectivity index (χ1v) is 5.00. The largest absolute Gasteiger partial charge is 0.374 e. The molecule has 0 aliphatic carbocycles. The first-order chi connectivity index (χ1) is 6.08. The first kappa shape index (κ1) is 12.7. The number of nitrogens with one attached hydrogen (secondary N) is 1. The van der Waals surface area contributed by atoms with Gasteiger partial charge in [-0.3, -0.25) is 0 Å². The molecule has 0 saturated heterocycles. The molecule has 0 spiro atoms. The predicted molar refractivity (Wildman–Crippen MR) is 58.0 cm³/mol. The molecular weight excluding hydrogens is 162 g/mol. The molecule has 0 rings (SSSR count). The highest BCUT2D eigenvalue weighted by Crippen LogP contribution is 2.18. The summed E-state index contributed by atoms with van der Waals surface area (Å²) < 4.78 is 5.68. The van der Waals surface area contributed by atoms with Crippen LogP contribution in [0.25, 0.3) is 0 Å². The predicted octanol–water partition coefficient (Wildman–Crippen LogP) is 2.36. The van der Waals surface area contributed by atoms with Gasteiger partial charge in [0.25, 0.3) is 0 Å². The van der Waals surface area contributed by atoms with Gasteiger partial charge in [-0.1, -0.05) is 6.08 Å². The molecule has 13 heavy (non-hydrogen) atoms. The van der Waals surface area contributed by atoms with E-state index in [4.69, 9.17) is 4.74 Å². The van der Waals surface area contributed by atoms with E-state index in [9.17, 15) is 0 Å². The van der Waals surface area contributed by atoms with E-state index in [1.54, 1.807) is 0 Å². The lowest BCUT2D eigenvalue weighted by molar-refractivity contribution is -0.0381. The molecular formula is C11H23NO. The summed E-state index contributed by atoms with van der Waals surface area (Å²) in [7, 11) is 1.98. The van der Waals surface area contributed by atoms with Crippen LogP contribution < -0.4 is 5.32 Å². The Hall–Kier alpha value is -0.340. The van der Waals surface area contributed by atoms with Crippen LogP contribution in [0.15, 0.2) is 12.7 Å². The number of hydrogen-bond acceptors (Lipinski definition) is 2. The number of likely N-dealkylation sites (N-methyl/N-ethyl adjacent to an activating group) is 1. The molecule has 0 aromatic heterocycles. The van der Waals surface area contributed by atoms with Gasteiger partial charge in [0.1, 0.15) is 0 Å². The van der Waals surface area contributed by atoms with Crippen molar-refractivity contribution in [2.24, 2.45) is 0 Å². The van der Waals surface area contributed by atoms with Gasteiger partial charge in [0, 0.05) is 12.6 Å². The van der Waals surface area contributed by atoms with Crippen LogP contribution in [0.4, 0.5) is 0 Å². The van der Waals surface area contributed by atoms with Gasteiger partial charge >= 0.3 is 0 Å². The van der Waals surface area contributed by atoms with Crippen molar-refractivity contribution in [1.29, 1.82) is 0 Å². The maximum atomic E-state index is 5.68. The summed E-state index contributed by atoms with van der Waals surface area (Å²) in [6.45, 7) is 10.8. The van der Waals surface area contributed by atoms with Crippen LogP contribution in [-0.4, -0.2) is 25.3 Å². The molecule has 0 bridgehead atoms. The SMILES string of the molecule is C=CCCC(NC)C(C)(C)OCC. The minimum atomic E-state index is -0.0908. The second-order valence-corrected chi connectivity index (χ2v) is 3.74. The number of allylic oxidation sites excluding steroid dienone is 1. The molecule has 2 nitrogen and oxygen atoms in total. The maximum absolute atomic E-state index is 5.68. The smallest absolute Gasteiger partial charge is 0.0778 e. The lowest BCUT2D eigenvalue weighted by Crippen LogP contribution is -2.47. The van der Waals surface area contributed by atoms with Gasteiger partial charge in [0.2, 0.25) is 0 Å². The summed E-state index contributed by atoms with van der Waals surface area (Å²) in [4.78, 5) is 0. The Morgan fingerprint density at radius 2 is 2.15 bits per heavy atom. The molecule has 1 unspecified atom stereocenters. The molecule has 0 radical (unpaired) electrons. The zero-order valence-electron chi connectivity index (χ0n) is 9.39. The monoisotopic (exact) mass is 185 g/mol. The average Bonchev–Trinajstić information content (AvgIpc) is 2.05. The topological polar surface area (TPSA) is 21.3 Å². The summed E-state index contributed by atoms with van der Waals surface area (Å²) in [5.41, 5.74) is -0.0908. The third kappa shape index (κ3) is 4.44. The normalized spacial score (nSPS) is 14.2. The third-order valence-corrected chi connectivity index (χ3v) is 2.36. The quantitative estimate of drug-likeness (QED) is 0.615. The Morgan fingerprint density at radius 3 is 2.54 bits per heavy atom. The standard InChI is InChI=1S/C11H23NO/c1-6-8-9-10(12-5)11(3,4)13-7-2/h6,10,12H,1,7-9H2,2-5H3. The van der Waals surface area contributed by atoms with Crippen molar-refractivity contribution in [2.75, 3.05) is 13.7 Å². The van der Waals surface area contributed by atoms with E-state index < -0.39 is 0 Å². The fraction of sp³-hybridized carbons (Fsp3) is 0.818. The van der Waals surface area contributed by atoms with Crippen LogP contribution in [0.2, 0.25) is 0 Å². The zero-order valence-corrected chi connectivity index (χ0v) is 9.39. The van der Waals surface area contributed by atoms with Crippen molar-refractivity contribution in [2.45, 2.75) is 45.3 Å². The minimum absolute atomic E-state index is 0.0908. The van der Waals surface area contributed by atoms with Crippen LogP contribution in [0.1, 0.15) is 33.6 Å². The van der Waals surface area contributed by atoms with Crippen LogP contribution in [0, 0.1) is 0 Å². The molecule has 0 fully saturated rings. The van der Waals surface area contributed by atoms with Gasteiger partial charge in [-0.25, -0.2) is 0 Å². The highest BCUT2D eigenvalue weighted by molar-refractivity contribution is 4.86. The van der Waals surface area contributed by atoms with Crippen LogP contribution in [0.3, 0.4) is 0 Å². The molecule has 0 aliphatic heterocycles. The molecule has 0 saturated carbocycles. The molecule has 78 valence electrons. The van der Waals surface area contributed by atoms with Crippen LogP contribution in [0.5, 0.6) is 0 Å². The molecule has 2 heteroatoms. The average molecular weight is 185 g/mol. The summed E-state index contributed by atoms with van der Waals surface area (Å²) in [6.07, 6.45) is 4.06. The van der Waals surface area contributed by atoms with Gasteiger partial charge < -0.3 is 10.1 Å². The van der Waals surface area contributed by atoms with Gasteiger partial charge in [0.05, 0.1) is 5.60 Å². The lowest BCUT2D eigenvalue weighted by Gasteiger charge is -2.33. The van der Waals surface area contributed by atoms with E-state index in [0.717, 1.165) is 19.4 Å². The van der Waals surface area contributed by atoms with Crippen molar-refractivity contribution in [3.05, 3.63) is 12.7 Å². The van der Waals surface area contributed by atoms with Gasteiger partial charge in [-0.2, -0.15) is 0 Å². The van der Waals surface area contributed by atoms with Crippen molar-refractivity contribution in [1.82, 2.24) is 5.32 Å². The number of rotatable bonds is 7. The van der Waals surface area contributed by atoms with E-state index in [-0.39, 0.29) is 5.60 Å². The van der Waals surface area contributed by atoms with E-state index in [2.05, 4.69) is 25.7 Å². The van der Waals surface area contributed by atoms with Gasteiger partial charge in [0.15, 0.2) is 0 Å². The Bertz CT molecular complexity index is 143. The molecule has 0 aromatic carbocycles. The Morgan fingerprint density at radius 1 is 1.54 bits per heavy atom. The van der Waals surface area contributed by atoms with Crippen molar-refractivity contribution in [3.63, 3.8) is 0 Å². The zero-order chi connectivity index (χ0) is 10.3. The van der Waals surface area contributed by atoms with Crippen LogP contribution in [-0.2, 0) is 4.74 Å². The molecule has 0 aliphatic rings. The Balaban J connectivity index is 4.09. The molecule has 1 atom stereocenters. The van der Waals surface area contributed by atoms with Crippen molar-refractivity contribution < 1.29 is 4.74 Å².